The zero-order valence-electron chi connectivity index (χ0n) is 23.2. The molecule has 28 heteroatoms. The Morgan fingerprint density at radius 1 is 0.205 bits per heavy atom. The number of hydrogen-bond acceptors (Lipinski definition) is 12. The van der Waals surface area contributed by atoms with E-state index in [1.54, 1.807) is 0 Å². The Morgan fingerprint density at radius 3 is 0.364 bits per heavy atom. The maximum atomic E-state index is 7.28. The molecule has 6 aliphatic rings. The normalized spacial score (nSPS) is 46.4. The first kappa shape index (κ1) is 40.3. The molecular formula is C16H32Br8O12Si8. The molecule has 6 aliphatic heterocycles. The summed E-state index contributed by atoms with van der Waals surface area (Å²) in [4.78, 5) is 0. The molecule has 0 saturated carbocycles. The molecule has 12 nitrogen and oxygen atoms in total. The maximum Gasteiger partial charge on any atom is 0.479 e. The molecule has 0 aliphatic carbocycles. The Kier molecular flexibility index (Phi) is 14.9. The quantitative estimate of drug-likeness (QED) is 0.118. The molecule has 0 radical (unpaired) electrons. The van der Waals surface area contributed by atoms with Gasteiger partial charge in [0.2, 0.25) is 0 Å². The predicted octanol–water partition coefficient (Wildman–Crippen LogP) is 6.92. The summed E-state index contributed by atoms with van der Waals surface area (Å²) in [5.41, 5.74) is 0. The van der Waals surface area contributed by atoms with E-state index >= 15 is 0 Å². The molecular weight excluding hydrogens is 1250 g/mol. The van der Waals surface area contributed by atoms with Crippen LogP contribution in [0.25, 0.3) is 0 Å². The average Bonchev–Trinajstić information content (AvgIpc) is 2.85. The van der Waals surface area contributed by atoms with E-state index in [2.05, 4.69) is 127 Å². The average molecular weight is 1280 g/mol. The van der Waals surface area contributed by atoms with Crippen LogP contribution in [0, 0.1) is 0 Å². The van der Waals surface area contributed by atoms with Crippen LogP contribution in [-0.4, -0.2) is 113 Å². The van der Waals surface area contributed by atoms with Crippen molar-refractivity contribution in [2.75, 3.05) is 42.6 Å². The zero-order chi connectivity index (χ0) is 31.8. The number of rotatable bonds is 16. The first-order valence-electron chi connectivity index (χ1n) is 13.9. The molecule has 0 aromatic carbocycles. The molecule has 6 rings (SSSR count). The van der Waals surface area contributed by atoms with Crippen molar-refractivity contribution < 1.29 is 49.4 Å². The van der Waals surface area contributed by atoms with Crippen molar-refractivity contribution in [3.05, 3.63) is 0 Å². The third-order valence-electron chi connectivity index (χ3n) is 6.94. The van der Waals surface area contributed by atoms with Gasteiger partial charge in [-0.05, 0) is 0 Å². The lowest BCUT2D eigenvalue weighted by Crippen LogP contribution is -2.88. The van der Waals surface area contributed by atoms with Gasteiger partial charge in [0, 0.05) is 91.0 Å². The second-order valence-electron chi connectivity index (χ2n) is 10.2. The highest BCUT2D eigenvalue weighted by molar-refractivity contribution is 9.10. The smallest absolute Gasteiger partial charge is 0.373 e. The van der Waals surface area contributed by atoms with Crippen molar-refractivity contribution >= 4 is 198 Å². The summed E-state index contributed by atoms with van der Waals surface area (Å²) in [6, 6.07) is 3.13. The molecule has 256 valence electrons. The highest BCUT2D eigenvalue weighted by Crippen LogP contribution is 2.53. The summed E-state index contributed by atoms with van der Waals surface area (Å²) in [5.74, 6) is 0. The molecule has 0 aromatic rings. The molecule has 6 fully saturated rings. The topological polar surface area (TPSA) is 111 Å². The van der Waals surface area contributed by atoms with Gasteiger partial charge in [-0.2, -0.15) is 0 Å². The summed E-state index contributed by atoms with van der Waals surface area (Å²) >= 11 is 29.2. The van der Waals surface area contributed by atoms with Crippen molar-refractivity contribution in [3.8, 4) is 0 Å². The standard InChI is InChI=1S/C16H32Br8O12Si8/c17-1-9-37-25-38(10-2-18)28-41(13-5-21)30-39(26-37,11-3-19)32-43(15-7-23)33-40(27-37,12-4-20)31-42(29-38,14-6-22)35-44(34-41,36-43)16-8-24/h1-16H2. The van der Waals surface area contributed by atoms with Gasteiger partial charge in [-0.15, -0.1) is 0 Å². The molecule has 0 amide bonds. The summed E-state index contributed by atoms with van der Waals surface area (Å²) < 4.78 is 87.4. The van der Waals surface area contributed by atoms with Gasteiger partial charge in [0.15, 0.2) is 0 Å². The molecule has 44 heavy (non-hydrogen) atoms. The minimum Gasteiger partial charge on any atom is -0.373 e. The minimum absolute atomic E-state index is 0.391. The summed E-state index contributed by atoms with van der Waals surface area (Å²) in [7, 11) is -30.3. The highest BCUT2D eigenvalue weighted by atomic mass is 79.9. The summed E-state index contributed by atoms with van der Waals surface area (Å²) in [6.45, 7) is 0. The van der Waals surface area contributed by atoms with Gasteiger partial charge in [0.1, 0.15) is 0 Å². The van der Waals surface area contributed by atoms with Gasteiger partial charge in [0.25, 0.3) is 0 Å². The van der Waals surface area contributed by atoms with Crippen LogP contribution in [-0.2, 0) is 49.4 Å². The van der Waals surface area contributed by atoms with Gasteiger partial charge in [0.05, 0.1) is 0 Å². The fraction of sp³-hybridized carbons (Fsp3) is 1.00. The molecule has 0 unspecified atom stereocenters. The fourth-order valence-corrected chi connectivity index (χ4v) is 64.5. The van der Waals surface area contributed by atoms with E-state index in [-0.39, 0.29) is 0 Å². The largest absolute Gasteiger partial charge is 0.479 e. The van der Waals surface area contributed by atoms with Gasteiger partial charge in [-0.25, -0.2) is 0 Å². The van der Waals surface area contributed by atoms with Crippen LogP contribution >= 0.6 is 127 Å². The Morgan fingerprint density at radius 2 is 0.295 bits per heavy atom. The molecule has 0 N–H and O–H groups in total. The maximum absolute atomic E-state index is 7.28. The van der Waals surface area contributed by atoms with Gasteiger partial charge >= 0.3 is 70.4 Å². The second-order valence-corrected chi connectivity index (χ2v) is 41.3. The van der Waals surface area contributed by atoms with Crippen LogP contribution in [0.4, 0.5) is 0 Å². The van der Waals surface area contributed by atoms with Gasteiger partial charge in [-0.1, -0.05) is 127 Å². The molecule has 0 aromatic heterocycles. The van der Waals surface area contributed by atoms with Crippen LogP contribution in [0.2, 0.25) is 48.4 Å². The van der Waals surface area contributed by atoms with Crippen molar-refractivity contribution in [2.24, 2.45) is 0 Å². The Labute approximate surface area is 333 Å². The van der Waals surface area contributed by atoms with Crippen molar-refractivity contribution in [2.45, 2.75) is 48.4 Å². The monoisotopic (exact) mass is 1270 g/mol. The van der Waals surface area contributed by atoms with E-state index in [0.29, 0.717) is 91.0 Å². The van der Waals surface area contributed by atoms with Crippen molar-refractivity contribution in [1.29, 1.82) is 0 Å². The predicted molar refractivity (Wildman–Crippen MR) is 208 cm³/mol. The molecule has 0 atom stereocenters. The lowest BCUT2D eigenvalue weighted by molar-refractivity contribution is -0.0277. The van der Waals surface area contributed by atoms with E-state index in [4.69, 9.17) is 49.4 Å². The number of alkyl halides is 8. The third-order valence-corrected chi connectivity index (χ3v) is 52.7. The number of halogens is 8. The Hall–Kier alpha value is 5.10. The Bertz CT molecular complexity index is 724. The van der Waals surface area contributed by atoms with Crippen LogP contribution in [0.1, 0.15) is 0 Å². The van der Waals surface area contributed by atoms with Crippen molar-refractivity contribution in [3.63, 3.8) is 0 Å². The first-order chi connectivity index (χ1) is 21.0. The highest BCUT2D eigenvalue weighted by Gasteiger charge is 2.82. The fourth-order valence-electron chi connectivity index (χ4n) is 5.49. The summed E-state index contributed by atoms with van der Waals surface area (Å²) in [6.07, 6.45) is 0. The van der Waals surface area contributed by atoms with Crippen molar-refractivity contribution in [1.82, 2.24) is 0 Å². The van der Waals surface area contributed by atoms with E-state index < -0.39 is 70.4 Å². The minimum atomic E-state index is -3.79. The molecule has 0 spiro atoms. The van der Waals surface area contributed by atoms with Crippen LogP contribution in [0.5, 0.6) is 0 Å². The van der Waals surface area contributed by atoms with E-state index in [9.17, 15) is 0 Å². The molecule has 6 saturated heterocycles. The number of hydrogen-bond donors (Lipinski definition) is 0. The lowest BCUT2D eigenvalue weighted by atomic mass is 11.0. The molecule has 8 bridgehead atoms. The third kappa shape index (κ3) is 8.41. The summed E-state index contributed by atoms with van der Waals surface area (Å²) in [5, 5.41) is 4.21. The Balaban J connectivity index is 1.88. The SMILES string of the molecule is BrCC[Si]12O[Si]3(CCBr)O[Si]4(CCBr)O[Si](CCBr)(O1)O[Si]1(CCBr)O[Si](CCBr)(O2)O[Si](CCBr)(O3)O[Si](CCBr)(O4)O1. The van der Waals surface area contributed by atoms with E-state index in [1.807, 2.05) is 0 Å². The first-order valence-corrected chi connectivity index (χ1v) is 38.3. The van der Waals surface area contributed by atoms with Gasteiger partial charge in [-0.3, -0.25) is 0 Å². The van der Waals surface area contributed by atoms with Crippen LogP contribution in [0.3, 0.4) is 0 Å². The van der Waals surface area contributed by atoms with E-state index in [1.165, 1.54) is 0 Å². The lowest BCUT2D eigenvalue weighted by Gasteiger charge is -2.63. The van der Waals surface area contributed by atoms with E-state index in [0.717, 1.165) is 0 Å². The van der Waals surface area contributed by atoms with Gasteiger partial charge < -0.3 is 49.4 Å². The second kappa shape index (κ2) is 16.2. The molecule has 6 heterocycles. The van der Waals surface area contributed by atoms with Crippen LogP contribution < -0.4 is 0 Å². The zero-order valence-corrected chi connectivity index (χ0v) is 43.9. The van der Waals surface area contributed by atoms with Crippen LogP contribution in [0.15, 0.2) is 0 Å².